The second-order valence-electron chi connectivity index (χ2n) is 6.12. The van der Waals surface area contributed by atoms with Crippen LogP contribution in [0.1, 0.15) is 17.3 Å². The molecule has 0 bridgehead atoms. The summed E-state index contributed by atoms with van der Waals surface area (Å²) in [5.41, 5.74) is 0.787. The molecule has 0 aromatic heterocycles. The van der Waals surface area contributed by atoms with Crippen LogP contribution in [-0.2, 0) is 19.6 Å². The third kappa shape index (κ3) is 5.39. The summed E-state index contributed by atoms with van der Waals surface area (Å²) in [6.07, 6.45) is 0.993. The zero-order valence-corrected chi connectivity index (χ0v) is 17.9. The van der Waals surface area contributed by atoms with E-state index in [9.17, 15) is 18.0 Å². The average Bonchev–Trinajstić information content (AvgIpc) is 2.66. The molecule has 10 heteroatoms. The summed E-state index contributed by atoms with van der Waals surface area (Å²) in [5, 5.41) is 2.82. The summed E-state index contributed by atoms with van der Waals surface area (Å²) in [6, 6.07) is 9.43. The zero-order valence-electron chi connectivity index (χ0n) is 16.3. The lowest BCUT2D eigenvalue weighted by Crippen LogP contribution is -2.45. The van der Waals surface area contributed by atoms with Crippen LogP contribution in [0.5, 0.6) is 5.75 Å². The van der Waals surface area contributed by atoms with Gasteiger partial charge in [-0.15, -0.1) is 0 Å². The molecule has 1 N–H and O–H groups in total. The lowest BCUT2D eigenvalue weighted by atomic mass is 10.2. The standard InChI is InChI=1S/C19H21ClN2O6S/c1-12(18(23)21-14-7-5-6-13(10-14)19(24)28-3)22(29(4,25)26)15-8-9-17(27-2)16(20)11-15/h5-12H,1-4H3,(H,21,23). The Morgan fingerprint density at radius 1 is 1.14 bits per heavy atom. The molecule has 1 amide bonds. The molecular weight excluding hydrogens is 420 g/mol. The molecule has 0 aliphatic rings. The van der Waals surface area contributed by atoms with Crippen molar-refractivity contribution in [2.45, 2.75) is 13.0 Å². The Morgan fingerprint density at radius 2 is 1.83 bits per heavy atom. The first kappa shape index (κ1) is 22.5. The minimum absolute atomic E-state index is 0.206. The van der Waals surface area contributed by atoms with Crippen LogP contribution in [-0.4, -0.2) is 46.8 Å². The number of anilines is 2. The summed E-state index contributed by atoms with van der Waals surface area (Å²) in [4.78, 5) is 24.4. The molecule has 2 rings (SSSR count). The van der Waals surface area contributed by atoms with Gasteiger partial charge in [-0.1, -0.05) is 17.7 Å². The molecule has 0 heterocycles. The molecule has 8 nitrogen and oxygen atoms in total. The fourth-order valence-electron chi connectivity index (χ4n) is 2.69. The van der Waals surface area contributed by atoms with Crippen LogP contribution in [0.25, 0.3) is 0 Å². The number of nitrogens with zero attached hydrogens (tertiary/aromatic N) is 1. The van der Waals surface area contributed by atoms with Crippen LogP contribution in [0.4, 0.5) is 11.4 Å². The van der Waals surface area contributed by atoms with E-state index in [2.05, 4.69) is 10.1 Å². The Bertz CT molecular complexity index is 1030. The van der Waals surface area contributed by atoms with Gasteiger partial charge in [-0.25, -0.2) is 13.2 Å². The van der Waals surface area contributed by atoms with E-state index in [1.807, 2.05) is 0 Å². The van der Waals surface area contributed by atoms with Crippen LogP contribution in [0.15, 0.2) is 42.5 Å². The van der Waals surface area contributed by atoms with E-state index in [0.29, 0.717) is 11.4 Å². The molecule has 1 atom stereocenters. The molecule has 0 spiro atoms. The number of rotatable bonds is 7. The maximum Gasteiger partial charge on any atom is 0.337 e. The normalized spacial score (nSPS) is 12.0. The predicted molar refractivity (Wildman–Crippen MR) is 111 cm³/mol. The van der Waals surface area contributed by atoms with Gasteiger partial charge in [-0.05, 0) is 43.3 Å². The number of hydrogen-bond acceptors (Lipinski definition) is 6. The van der Waals surface area contributed by atoms with Crippen molar-refractivity contribution in [3.63, 3.8) is 0 Å². The van der Waals surface area contributed by atoms with Crippen molar-refractivity contribution >= 4 is 44.9 Å². The van der Waals surface area contributed by atoms with Gasteiger partial charge in [0, 0.05) is 5.69 Å². The summed E-state index contributed by atoms with van der Waals surface area (Å²) in [6.45, 7) is 1.44. The number of ether oxygens (including phenoxy) is 2. The molecule has 29 heavy (non-hydrogen) atoms. The van der Waals surface area contributed by atoms with Crippen LogP contribution >= 0.6 is 11.6 Å². The minimum Gasteiger partial charge on any atom is -0.495 e. The number of carbonyl (C=O) groups is 2. The van der Waals surface area contributed by atoms with E-state index >= 15 is 0 Å². The molecule has 0 aliphatic heterocycles. The van der Waals surface area contributed by atoms with Crippen LogP contribution in [0, 0.1) is 0 Å². The van der Waals surface area contributed by atoms with Gasteiger partial charge in [0.05, 0.1) is 36.7 Å². The van der Waals surface area contributed by atoms with Crippen molar-refractivity contribution in [2.75, 3.05) is 30.1 Å². The SMILES string of the molecule is COC(=O)c1cccc(NC(=O)C(C)N(c2ccc(OC)c(Cl)c2)S(C)(=O)=O)c1. The first-order valence-electron chi connectivity index (χ1n) is 8.40. The van der Waals surface area contributed by atoms with E-state index in [1.165, 1.54) is 51.5 Å². The number of amides is 1. The summed E-state index contributed by atoms with van der Waals surface area (Å²) < 4.78 is 35.5. The zero-order chi connectivity index (χ0) is 21.8. The summed E-state index contributed by atoms with van der Waals surface area (Å²) >= 11 is 6.11. The fourth-order valence-corrected chi connectivity index (χ4v) is 4.11. The lowest BCUT2D eigenvalue weighted by Gasteiger charge is -2.28. The first-order chi connectivity index (χ1) is 13.6. The molecule has 0 saturated carbocycles. The van der Waals surface area contributed by atoms with Gasteiger partial charge in [0.2, 0.25) is 15.9 Å². The van der Waals surface area contributed by atoms with E-state index in [4.69, 9.17) is 16.3 Å². The van der Waals surface area contributed by atoms with Crippen LogP contribution in [0.2, 0.25) is 5.02 Å². The van der Waals surface area contributed by atoms with Gasteiger partial charge in [-0.3, -0.25) is 9.10 Å². The van der Waals surface area contributed by atoms with Gasteiger partial charge < -0.3 is 14.8 Å². The second-order valence-corrected chi connectivity index (χ2v) is 8.38. The van der Waals surface area contributed by atoms with E-state index < -0.39 is 27.9 Å². The van der Waals surface area contributed by atoms with Crippen molar-refractivity contribution in [3.8, 4) is 5.75 Å². The van der Waals surface area contributed by atoms with E-state index in [-0.39, 0.29) is 16.3 Å². The van der Waals surface area contributed by atoms with Crippen molar-refractivity contribution in [1.29, 1.82) is 0 Å². The molecule has 1 unspecified atom stereocenters. The maximum absolute atomic E-state index is 12.7. The molecule has 0 saturated heterocycles. The number of sulfonamides is 1. The number of nitrogens with one attached hydrogen (secondary N) is 1. The molecule has 0 radical (unpaired) electrons. The Hall–Kier alpha value is -2.78. The Labute approximate surface area is 174 Å². The van der Waals surface area contributed by atoms with Gasteiger partial charge in [0.25, 0.3) is 0 Å². The van der Waals surface area contributed by atoms with E-state index in [0.717, 1.165) is 10.6 Å². The third-order valence-corrected chi connectivity index (χ3v) is 5.57. The van der Waals surface area contributed by atoms with Gasteiger partial charge in [-0.2, -0.15) is 0 Å². The number of hydrogen-bond donors (Lipinski definition) is 1. The summed E-state index contributed by atoms with van der Waals surface area (Å²) in [5.74, 6) is -0.773. The number of methoxy groups -OCH3 is 2. The monoisotopic (exact) mass is 440 g/mol. The van der Waals surface area contributed by atoms with Crippen molar-refractivity contribution in [3.05, 3.63) is 53.1 Å². The van der Waals surface area contributed by atoms with Gasteiger partial charge in [0.15, 0.2) is 0 Å². The Kier molecular flexibility index (Phi) is 7.10. The second kappa shape index (κ2) is 9.15. The minimum atomic E-state index is -3.82. The number of benzene rings is 2. The Balaban J connectivity index is 2.33. The molecule has 156 valence electrons. The van der Waals surface area contributed by atoms with Crippen molar-refractivity contribution < 1.29 is 27.5 Å². The number of halogens is 1. The molecule has 0 aliphatic carbocycles. The quantitative estimate of drug-likeness (QED) is 0.664. The smallest absolute Gasteiger partial charge is 0.337 e. The van der Waals surface area contributed by atoms with Gasteiger partial charge in [0.1, 0.15) is 11.8 Å². The lowest BCUT2D eigenvalue weighted by molar-refractivity contribution is -0.116. The molecule has 2 aromatic rings. The molecule has 0 fully saturated rings. The first-order valence-corrected chi connectivity index (χ1v) is 10.6. The number of carbonyl (C=O) groups excluding carboxylic acids is 2. The third-order valence-electron chi connectivity index (χ3n) is 4.03. The highest BCUT2D eigenvalue weighted by atomic mass is 35.5. The highest BCUT2D eigenvalue weighted by Gasteiger charge is 2.29. The van der Waals surface area contributed by atoms with E-state index in [1.54, 1.807) is 12.1 Å². The van der Waals surface area contributed by atoms with Gasteiger partial charge >= 0.3 is 5.97 Å². The van der Waals surface area contributed by atoms with Crippen LogP contribution < -0.4 is 14.4 Å². The Morgan fingerprint density at radius 3 is 2.38 bits per heavy atom. The van der Waals surface area contributed by atoms with Crippen LogP contribution in [0.3, 0.4) is 0 Å². The largest absolute Gasteiger partial charge is 0.495 e. The topological polar surface area (TPSA) is 102 Å². The highest BCUT2D eigenvalue weighted by Crippen LogP contribution is 2.31. The van der Waals surface area contributed by atoms with Crippen molar-refractivity contribution in [2.24, 2.45) is 0 Å². The molecule has 2 aromatic carbocycles. The highest BCUT2D eigenvalue weighted by molar-refractivity contribution is 7.92. The maximum atomic E-state index is 12.7. The predicted octanol–water partition coefficient (Wildman–Crippen LogP) is 2.93. The average molecular weight is 441 g/mol. The number of esters is 1. The van der Waals surface area contributed by atoms with Crippen molar-refractivity contribution in [1.82, 2.24) is 0 Å². The summed E-state index contributed by atoms with van der Waals surface area (Å²) in [7, 11) is -1.13. The fraction of sp³-hybridized carbons (Fsp3) is 0.263. The molecular formula is C19H21ClN2O6S.